The first-order valence-corrected chi connectivity index (χ1v) is 7.30. The third-order valence-corrected chi connectivity index (χ3v) is 5.11. The van der Waals surface area contributed by atoms with Crippen LogP contribution in [-0.2, 0) is 14.9 Å². The van der Waals surface area contributed by atoms with Crippen LogP contribution < -0.4 is 5.32 Å². The van der Waals surface area contributed by atoms with Crippen LogP contribution >= 0.6 is 12.4 Å². The third-order valence-electron chi connectivity index (χ3n) is 3.06. The van der Waals surface area contributed by atoms with E-state index in [0.29, 0.717) is 26.2 Å². The molecule has 1 aliphatic rings. The van der Waals surface area contributed by atoms with E-state index in [-0.39, 0.29) is 18.4 Å². The molecule has 1 N–H and O–H groups in total. The minimum Gasteiger partial charge on any atom is -0.383 e. The summed E-state index contributed by atoms with van der Waals surface area (Å²) < 4.78 is 32.5. The average molecular weight is 302 g/mol. The molecule has 1 rings (SSSR count). The fourth-order valence-electron chi connectivity index (χ4n) is 2.07. The van der Waals surface area contributed by atoms with Crippen LogP contribution in [0.2, 0.25) is 0 Å². The number of likely N-dealkylation sites (N-methyl/N-ethyl adjacent to an activating group) is 2. The second-order valence-corrected chi connectivity index (χ2v) is 6.27. The van der Waals surface area contributed by atoms with E-state index in [1.54, 1.807) is 18.5 Å². The van der Waals surface area contributed by atoms with E-state index in [4.69, 9.17) is 4.74 Å². The normalized spacial score (nSPS) is 21.2. The largest absolute Gasteiger partial charge is 0.383 e. The first-order chi connectivity index (χ1) is 8.04. The zero-order chi connectivity index (χ0) is 12.9. The average Bonchev–Trinajstić information content (AvgIpc) is 2.75. The number of nitrogens with zero attached hydrogens (tertiary/aromatic N) is 2. The lowest BCUT2D eigenvalue weighted by Gasteiger charge is -2.28. The first kappa shape index (κ1) is 18.1. The van der Waals surface area contributed by atoms with Crippen molar-refractivity contribution in [3.63, 3.8) is 0 Å². The Hall–Kier alpha value is 0.0800. The molecule has 1 aliphatic heterocycles. The van der Waals surface area contributed by atoms with Crippen molar-refractivity contribution in [2.75, 3.05) is 47.4 Å². The highest BCUT2D eigenvalue weighted by Crippen LogP contribution is 2.22. The molecule has 0 bridgehead atoms. The summed E-state index contributed by atoms with van der Waals surface area (Å²) in [6.45, 7) is 2.13. The molecular weight excluding hydrogens is 278 g/mol. The van der Waals surface area contributed by atoms with Crippen LogP contribution in [0.4, 0.5) is 0 Å². The lowest BCUT2D eigenvalue weighted by atomic mass is 10.2. The van der Waals surface area contributed by atoms with Gasteiger partial charge in [0, 0.05) is 39.8 Å². The summed E-state index contributed by atoms with van der Waals surface area (Å²) in [4.78, 5) is 0. The maximum Gasteiger partial charge on any atom is 0.282 e. The molecule has 8 heteroatoms. The molecule has 6 nitrogen and oxygen atoms in total. The predicted molar refractivity (Wildman–Crippen MR) is 74.3 cm³/mol. The monoisotopic (exact) mass is 301 g/mol. The second kappa shape index (κ2) is 8.29. The summed E-state index contributed by atoms with van der Waals surface area (Å²) in [6, 6.07) is 0.0787. The van der Waals surface area contributed by atoms with Crippen molar-refractivity contribution in [2.24, 2.45) is 0 Å². The Morgan fingerprint density at radius 3 is 2.72 bits per heavy atom. The van der Waals surface area contributed by atoms with Gasteiger partial charge in [0.2, 0.25) is 0 Å². The molecule has 0 saturated carbocycles. The number of nitrogens with one attached hydrogen (secondary N) is 1. The van der Waals surface area contributed by atoms with E-state index in [9.17, 15) is 8.42 Å². The topological polar surface area (TPSA) is 61.9 Å². The zero-order valence-corrected chi connectivity index (χ0v) is 12.9. The van der Waals surface area contributed by atoms with Crippen LogP contribution in [0.5, 0.6) is 0 Å². The molecule has 1 heterocycles. The summed E-state index contributed by atoms with van der Waals surface area (Å²) >= 11 is 0. The Bertz CT molecular complexity index is 326. The molecular formula is C10H24ClN3O3S. The number of methoxy groups -OCH3 is 1. The summed E-state index contributed by atoms with van der Waals surface area (Å²) in [6.07, 6.45) is 1.86. The van der Waals surface area contributed by atoms with E-state index in [1.807, 2.05) is 7.05 Å². The summed E-state index contributed by atoms with van der Waals surface area (Å²) in [5.41, 5.74) is 0. The Morgan fingerprint density at radius 2 is 2.17 bits per heavy atom. The third kappa shape index (κ3) is 4.32. The van der Waals surface area contributed by atoms with Crippen LogP contribution in [0, 0.1) is 0 Å². The number of halogens is 1. The van der Waals surface area contributed by atoms with Gasteiger partial charge in [-0.3, -0.25) is 0 Å². The van der Waals surface area contributed by atoms with Crippen LogP contribution in [0.15, 0.2) is 0 Å². The summed E-state index contributed by atoms with van der Waals surface area (Å²) in [5, 5.41) is 3.04. The molecule has 1 unspecified atom stereocenters. The second-order valence-electron chi connectivity index (χ2n) is 4.29. The summed E-state index contributed by atoms with van der Waals surface area (Å²) in [5.74, 6) is 0. The molecule has 0 aromatic heterocycles. The Morgan fingerprint density at radius 1 is 1.50 bits per heavy atom. The Labute approximate surface area is 116 Å². The van der Waals surface area contributed by atoms with E-state index >= 15 is 0 Å². The SMILES string of the molecule is CNCC1CCCN1S(=O)(=O)N(C)CCOC.Cl. The fourth-order valence-corrected chi connectivity index (χ4v) is 3.65. The molecule has 1 saturated heterocycles. The van der Waals surface area contributed by atoms with Crippen molar-refractivity contribution < 1.29 is 13.2 Å². The van der Waals surface area contributed by atoms with Crippen LogP contribution in [-0.4, -0.2) is 70.5 Å². The lowest BCUT2D eigenvalue weighted by Crippen LogP contribution is -2.47. The molecule has 1 atom stereocenters. The zero-order valence-electron chi connectivity index (χ0n) is 11.3. The highest BCUT2D eigenvalue weighted by atomic mass is 35.5. The van der Waals surface area contributed by atoms with E-state index in [0.717, 1.165) is 12.8 Å². The molecule has 0 aliphatic carbocycles. The van der Waals surface area contributed by atoms with Gasteiger partial charge in [0.1, 0.15) is 0 Å². The lowest BCUT2D eigenvalue weighted by molar-refractivity contribution is 0.182. The van der Waals surface area contributed by atoms with Crippen molar-refractivity contribution in [3.8, 4) is 0 Å². The molecule has 0 amide bonds. The van der Waals surface area contributed by atoms with Crippen molar-refractivity contribution in [1.82, 2.24) is 13.9 Å². The minimum atomic E-state index is -3.34. The predicted octanol–water partition coefficient (Wildman–Crippen LogP) is -0.0850. The molecule has 0 aromatic rings. The molecule has 0 spiro atoms. The van der Waals surface area contributed by atoms with Crippen LogP contribution in [0.1, 0.15) is 12.8 Å². The van der Waals surface area contributed by atoms with Gasteiger partial charge in [-0.15, -0.1) is 12.4 Å². The fraction of sp³-hybridized carbons (Fsp3) is 1.00. The maximum absolute atomic E-state index is 12.3. The van der Waals surface area contributed by atoms with Crippen LogP contribution in [0.3, 0.4) is 0 Å². The standard InChI is InChI=1S/C10H23N3O3S.ClH/c1-11-9-10-5-4-6-13(10)17(14,15)12(2)7-8-16-3;/h10-11H,4-9H2,1-3H3;1H. The highest BCUT2D eigenvalue weighted by Gasteiger charge is 2.35. The van der Waals surface area contributed by atoms with Gasteiger partial charge in [-0.1, -0.05) is 0 Å². The van der Waals surface area contributed by atoms with Crippen molar-refractivity contribution in [2.45, 2.75) is 18.9 Å². The number of rotatable bonds is 7. The Balaban J connectivity index is 0.00000289. The van der Waals surface area contributed by atoms with E-state index < -0.39 is 10.2 Å². The van der Waals surface area contributed by atoms with Gasteiger partial charge in [0.15, 0.2) is 0 Å². The van der Waals surface area contributed by atoms with E-state index in [1.165, 1.54) is 4.31 Å². The number of hydrogen-bond acceptors (Lipinski definition) is 4. The van der Waals surface area contributed by atoms with Gasteiger partial charge in [0.25, 0.3) is 10.2 Å². The number of hydrogen-bond donors (Lipinski definition) is 1. The molecule has 0 aromatic carbocycles. The van der Waals surface area contributed by atoms with Gasteiger partial charge in [-0.05, 0) is 19.9 Å². The summed E-state index contributed by atoms with van der Waals surface area (Å²) in [7, 11) is 1.68. The highest BCUT2D eigenvalue weighted by molar-refractivity contribution is 7.86. The quantitative estimate of drug-likeness (QED) is 0.714. The van der Waals surface area contributed by atoms with Gasteiger partial charge >= 0.3 is 0 Å². The van der Waals surface area contributed by atoms with Crippen molar-refractivity contribution >= 4 is 22.6 Å². The first-order valence-electron chi connectivity index (χ1n) is 5.90. The molecule has 18 heavy (non-hydrogen) atoms. The van der Waals surface area contributed by atoms with Gasteiger partial charge < -0.3 is 10.1 Å². The van der Waals surface area contributed by atoms with Crippen molar-refractivity contribution in [3.05, 3.63) is 0 Å². The maximum atomic E-state index is 12.3. The molecule has 110 valence electrons. The van der Waals surface area contributed by atoms with Gasteiger partial charge in [0.05, 0.1) is 6.61 Å². The molecule has 0 radical (unpaired) electrons. The number of ether oxygens (including phenoxy) is 1. The smallest absolute Gasteiger partial charge is 0.282 e. The van der Waals surface area contributed by atoms with Crippen molar-refractivity contribution in [1.29, 1.82) is 0 Å². The van der Waals surface area contributed by atoms with Gasteiger partial charge in [-0.25, -0.2) is 0 Å². The molecule has 1 fully saturated rings. The van der Waals surface area contributed by atoms with Crippen LogP contribution in [0.25, 0.3) is 0 Å². The van der Waals surface area contributed by atoms with E-state index in [2.05, 4.69) is 5.32 Å². The minimum absolute atomic E-state index is 0. The van der Waals surface area contributed by atoms with Gasteiger partial charge in [-0.2, -0.15) is 17.0 Å². The Kier molecular flexibility index (Phi) is 8.33.